The molecule has 0 spiro atoms. The van der Waals surface area contributed by atoms with E-state index in [4.69, 9.17) is 4.42 Å². The molecule has 0 radical (unpaired) electrons. The molecule has 2 aromatic rings. The van der Waals surface area contributed by atoms with Crippen molar-refractivity contribution >= 4 is 0 Å². The lowest BCUT2D eigenvalue weighted by molar-refractivity contribution is 0.186. The van der Waals surface area contributed by atoms with Gasteiger partial charge in [0.2, 0.25) is 0 Å². The van der Waals surface area contributed by atoms with Gasteiger partial charge in [0.15, 0.2) is 0 Å². The van der Waals surface area contributed by atoms with E-state index in [2.05, 4.69) is 19.9 Å². The third-order valence-corrected chi connectivity index (χ3v) is 2.94. The van der Waals surface area contributed by atoms with Crippen molar-refractivity contribution in [1.82, 2.24) is 0 Å². The van der Waals surface area contributed by atoms with Gasteiger partial charge in [-0.25, -0.2) is 0 Å². The first-order valence-corrected chi connectivity index (χ1v) is 5.93. The summed E-state index contributed by atoms with van der Waals surface area (Å²) in [4.78, 5) is 0. The molecule has 0 fully saturated rings. The average Bonchev–Trinajstić information content (AvgIpc) is 2.75. The van der Waals surface area contributed by atoms with E-state index in [1.165, 1.54) is 0 Å². The predicted molar refractivity (Wildman–Crippen MR) is 68.0 cm³/mol. The topological polar surface area (TPSA) is 33.4 Å². The number of rotatable bonds is 3. The quantitative estimate of drug-likeness (QED) is 0.870. The molecule has 1 aromatic heterocycles. The number of furan rings is 1. The monoisotopic (exact) mass is 230 g/mol. The van der Waals surface area contributed by atoms with Crippen LogP contribution in [0.5, 0.6) is 0 Å². The van der Waals surface area contributed by atoms with E-state index < -0.39 is 6.10 Å². The van der Waals surface area contributed by atoms with Crippen LogP contribution in [0.25, 0.3) is 0 Å². The van der Waals surface area contributed by atoms with Crippen molar-refractivity contribution in [3.05, 3.63) is 59.0 Å². The molecular formula is C15H18O2. The van der Waals surface area contributed by atoms with Crippen LogP contribution >= 0.6 is 0 Å². The Kier molecular flexibility index (Phi) is 3.34. The summed E-state index contributed by atoms with van der Waals surface area (Å²) >= 11 is 0. The minimum atomic E-state index is -0.678. The Balaban J connectivity index is 2.40. The van der Waals surface area contributed by atoms with Crippen molar-refractivity contribution in [3.63, 3.8) is 0 Å². The molecule has 0 aliphatic heterocycles. The number of aryl methyl sites for hydroxylation is 1. The molecule has 1 aromatic carbocycles. The van der Waals surface area contributed by atoms with Crippen LogP contribution in [-0.4, -0.2) is 5.11 Å². The molecule has 2 rings (SSSR count). The maximum atomic E-state index is 10.3. The first-order valence-electron chi connectivity index (χ1n) is 5.93. The maximum Gasteiger partial charge on any atom is 0.137 e. The molecule has 0 aliphatic rings. The van der Waals surface area contributed by atoms with Crippen molar-refractivity contribution in [2.75, 3.05) is 0 Å². The summed E-state index contributed by atoms with van der Waals surface area (Å²) in [5.41, 5.74) is 2.09. The van der Waals surface area contributed by atoms with Crippen molar-refractivity contribution in [1.29, 1.82) is 0 Å². The molecule has 90 valence electrons. The van der Waals surface area contributed by atoms with E-state index in [0.717, 1.165) is 16.9 Å². The number of hydrogen-bond donors (Lipinski definition) is 1. The summed E-state index contributed by atoms with van der Waals surface area (Å²) in [7, 11) is 0. The number of aliphatic hydroxyl groups is 1. The molecular weight excluding hydrogens is 212 g/mol. The Morgan fingerprint density at radius 3 is 2.18 bits per heavy atom. The van der Waals surface area contributed by atoms with E-state index in [0.29, 0.717) is 11.7 Å². The summed E-state index contributed by atoms with van der Waals surface area (Å²) in [6.07, 6.45) is -0.678. The smallest absolute Gasteiger partial charge is 0.137 e. The highest BCUT2D eigenvalue weighted by Gasteiger charge is 2.18. The third kappa shape index (κ3) is 2.42. The second kappa shape index (κ2) is 4.76. The first kappa shape index (κ1) is 11.9. The molecule has 2 nitrogen and oxygen atoms in total. The van der Waals surface area contributed by atoms with Gasteiger partial charge in [-0.3, -0.25) is 0 Å². The molecule has 1 N–H and O–H groups in total. The van der Waals surface area contributed by atoms with Gasteiger partial charge < -0.3 is 9.52 Å². The molecule has 1 heterocycles. The second-order valence-electron chi connectivity index (χ2n) is 4.63. The lowest BCUT2D eigenvalue weighted by Gasteiger charge is -2.16. The third-order valence-electron chi connectivity index (χ3n) is 2.94. The number of benzene rings is 1. The highest BCUT2D eigenvalue weighted by molar-refractivity contribution is 5.35. The maximum absolute atomic E-state index is 10.3. The van der Waals surface area contributed by atoms with Crippen LogP contribution in [0.2, 0.25) is 0 Å². The Hall–Kier alpha value is -1.54. The zero-order valence-electron chi connectivity index (χ0n) is 10.5. The van der Waals surface area contributed by atoms with Gasteiger partial charge in [0.05, 0.1) is 0 Å². The van der Waals surface area contributed by atoms with Gasteiger partial charge in [0.1, 0.15) is 17.6 Å². The van der Waals surface area contributed by atoms with Gasteiger partial charge in [-0.1, -0.05) is 38.1 Å². The fourth-order valence-corrected chi connectivity index (χ4v) is 2.04. The zero-order chi connectivity index (χ0) is 12.4. The molecule has 2 heteroatoms. The molecule has 0 saturated heterocycles. The lowest BCUT2D eigenvalue weighted by Crippen LogP contribution is -2.03. The van der Waals surface area contributed by atoms with Gasteiger partial charge in [-0.05, 0) is 36.1 Å². The molecule has 0 saturated carbocycles. The summed E-state index contributed by atoms with van der Waals surface area (Å²) in [6.45, 7) is 6.13. The normalized spacial score (nSPS) is 13.0. The standard InChI is InChI=1S/C15H18O2/c1-10(2)12-6-4-5-7-13(12)15(16)14-9-8-11(3)17-14/h4-10,15-16H,1-3H3. The van der Waals surface area contributed by atoms with Crippen molar-refractivity contribution in [3.8, 4) is 0 Å². The van der Waals surface area contributed by atoms with Crippen molar-refractivity contribution in [2.24, 2.45) is 0 Å². The molecule has 0 bridgehead atoms. The van der Waals surface area contributed by atoms with Gasteiger partial charge >= 0.3 is 0 Å². The van der Waals surface area contributed by atoms with Gasteiger partial charge in [-0.2, -0.15) is 0 Å². The number of hydrogen-bond acceptors (Lipinski definition) is 2. The zero-order valence-corrected chi connectivity index (χ0v) is 10.5. The van der Waals surface area contributed by atoms with Crippen LogP contribution < -0.4 is 0 Å². The van der Waals surface area contributed by atoms with Gasteiger partial charge in [0, 0.05) is 0 Å². The van der Waals surface area contributed by atoms with E-state index in [1.54, 1.807) is 0 Å². The lowest BCUT2D eigenvalue weighted by atomic mass is 9.93. The largest absolute Gasteiger partial charge is 0.463 e. The van der Waals surface area contributed by atoms with E-state index >= 15 is 0 Å². The molecule has 1 atom stereocenters. The fourth-order valence-electron chi connectivity index (χ4n) is 2.04. The SMILES string of the molecule is Cc1ccc(C(O)c2ccccc2C(C)C)o1. The molecule has 0 aliphatic carbocycles. The predicted octanol–water partition coefficient (Wildman–Crippen LogP) is 3.79. The highest BCUT2D eigenvalue weighted by atomic mass is 16.4. The van der Waals surface area contributed by atoms with Crippen LogP contribution in [-0.2, 0) is 0 Å². The molecule has 17 heavy (non-hydrogen) atoms. The Morgan fingerprint density at radius 1 is 1.00 bits per heavy atom. The second-order valence-corrected chi connectivity index (χ2v) is 4.63. The molecule has 0 amide bonds. The van der Waals surface area contributed by atoms with Crippen LogP contribution in [0.4, 0.5) is 0 Å². The summed E-state index contributed by atoms with van der Waals surface area (Å²) in [5.74, 6) is 1.81. The molecule has 1 unspecified atom stereocenters. The van der Waals surface area contributed by atoms with E-state index in [9.17, 15) is 5.11 Å². The summed E-state index contributed by atoms with van der Waals surface area (Å²) < 4.78 is 5.48. The van der Waals surface area contributed by atoms with Crippen LogP contribution in [0.15, 0.2) is 40.8 Å². The van der Waals surface area contributed by atoms with Gasteiger partial charge in [0.25, 0.3) is 0 Å². The Labute approximate surface area is 102 Å². The number of aliphatic hydroxyl groups excluding tert-OH is 1. The fraction of sp³-hybridized carbons (Fsp3) is 0.333. The van der Waals surface area contributed by atoms with E-state index in [1.807, 2.05) is 37.3 Å². The minimum Gasteiger partial charge on any atom is -0.463 e. The average molecular weight is 230 g/mol. The highest BCUT2D eigenvalue weighted by Crippen LogP contribution is 2.29. The first-order chi connectivity index (χ1) is 8.09. The van der Waals surface area contributed by atoms with Gasteiger partial charge in [-0.15, -0.1) is 0 Å². The van der Waals surface area contributed by atoms with E-state index in [-0.39, 0.29) is 0 Å². The van der Waals surface area contributed by atoms with Crippen molar-refractivity contribution in [2.45, 2.75) is 32.8 Å². The summed E-state index contributed by atoms with van der Waals surface area (Å²) in [6, 6.07) is 11.7. The van der Waals surface area contributed by atoms with Crippen LogP contribution in [0.1, 0.15) is 48.5 Å². The van der Waals surface area contributed by atoms with Crippen LogP contribution in [0, 0.1) is 6.92 Å². The van der Waals surface area contributed by atoms with Crippen LogP contribution in [0.3, 0.4) is 0 Å². The summed E-state index contributed by atoms with van der Waals surface area (Å²) in [5, 5.41) is 10.3. The van der Waals surface area contributed by atoms with Crippen molar-refractivity contribution < 1.29 is 9.52 Å². The Bertz CT molecular complexity index is 497. The minimum absolute atomic E-state index is 0.386. The Morgan fingerprint density at radius 2 is 1.65 bits per heavy atom.